The predicted octanol–water partition coefficient (Wildman–Crippen LogP) is 6.05. The quantitative estimate of drug-likeness (QED) is 0.327. The molecule has 5 aromatic rings. The second-order valence-corrected chi connectivity index (χ2v) is 5.78. The van der Waals surface area contributed by atoms with E-state index in [1.165, 1.54) is 37.9 Å². The molecule has 0 aliphatic rings. The lowest BCUT2D eigenvalue weighted by atomic mass is 9.91. The average molecular weight is 277 g/mol. The molecule has 0 bridgehead atoms. The summed E-state index contributed by atoms with van der Waals surface area (Å²) < 4.78 is 0. The number of rotatable bonds is 1. The minimum absolute atomic E-state index is 1.15. The Bertz CT molecular complexity index is 1040. The van der Waals surface area contributed by atoms with Gasteiger partial charge in [-0.3, -0.25) is 0 Å². The predicted molar refractivity (Wildman–Crippen MR) is 94.4 cm³/mol. The summed E-state index contributed by atoms with van der Waals surface area (Å²) in [5.74, 6) is 0. The molecule has 5 rings (SSSR count). The molecule has 0 saturated carbocycles. The van der Waals surface area contributed by atoms with Crippen molar-refractivity contribution in [1.82, 2.24) is 0 Å². The second-order valence-electron chi connectivity index (χ2n) is 5.78. The fraction of sp³-hybridized carbons (Fsp3) is 0. The zero-order chi connectivity index (χ0) is 14.5. The van der Waals surface area contributed by atoms with Crippen molar-refractivity contribution in [2.24, 2.45) is 0 Å². The zero-order valence-electron chi connectivity index (χ0n) is 12.0. The van der Waals surface area contributed by atoms with E-state index in [2.05, 4.69) is 72.8 Å². The van der Waals surface area contributed by atoms with Crippen LogP contribution in [0.5, 0.6) is 0 Å². The van der Waals surface area contributed by atoms with E-state index in [-0.39, 0.29) is 0 Å². The van der Waals surface area contributed by atoms with Crippen LogP contribution >= 0.6 is 0 Å². The lowest BCUT2D eigenvalue weighted by molar-refractivity contribution is 1.64. The molecule has 0 amide bonds. The monoisotopic (exact) mass is 277 g/mol. The van der Waals surface area contributed by atoms with Gasteiger partial charge in [0.15, 0.2) is 0 Å². The molecule has 0 fully saturated rings. The van der Waals surface area contributed by atoms with Crippen molar-refractivity contribution in [1.29, 1.82) is 0 Å². The third-order valence-corrected chi connectivity index (χ3v) is 4.48. The summed E-state index contributed by atoms with van der Waals surface area (Å²) in [6.07, 6.45) is 0. The van der Waals surface area contributed by atoms with E-state index in [1.807, 2.05) is 12.1 Å². The van der Waals surface area contributed by atoms with Gasteiger partial charge in [0.1, 0.15) is 0 Å². The van der Waals surface area contributed by atoms with Crippen LogP contribution in [0.25, 0.3) is 43.4 Å². The van der Waals surface area contributed by atoms with Crippen molar-refractivity contribution in [3.05, 3.63) is 84.9 Å². The fourth-order valence-corrected chi connectivity index (χ4v) is 3.48. The van der Waals surface area contributed by atoms with Crippen molar-refractivity contribution in [3.8, 4) is 11.1 Å². The van der Waals surface area contributed by atoms with Crippen LogP contribution in [-0.4, -0.2) is 0 Å². The van der Waals surface area contributed by atoms with Gasteiger partial charge in [-0.2, -0.15) is 0 Å². The van der Waals surface area contributed by atoms with E-state index < -0.39 is 0 Å². The minimum Gasteiger partial charge on any atom is -0.0616 e. The van der Waals surface area contributed by atoms with E-state index >= 15 is 0 Å². The maximum Gasteiger partial charge on any atom is -0.00264 e. The molecule has 0 heterocycles. The highest BCUT2D eigenvalue weighted by atomic mass is 14.1. The van der Waals surface area contributed by atoms with Gasteiger partial charge in [-0.1, -0.05) is 66.7 Å². The van der Waals surface area contributed by atoms with Gasteiger partial charge in [0.05, 0.1) is 0 Å². The van der Waals surface area contributed by atoms with Crippen LogP contribution in [-0.2, 0) is 0 Å². The summed E-state index contributed by atoms with van der Waals surface area (Å²) in [5, 5.41) is 7.98. The molecule has 0 aliphatic carbocycles. The first-order chi connectivity index (χ1) is 10.9. The highest BCUT2D eigenvalue weighted by Crippen LogP contribution is 2.36. The number of benzene rings is 5. The molecule has 0 nitrogen and oxygen atoms in total. The van der Waals surface area contributed by atoms with Crippen LogP contribution in [0, 0.1) is 6.07 Å². The molecule has 0 unspecified atom stereocenters. The lowest BCUT2D eigenvalue weighted by Gasteiger charge is -2.12. The molecule has 0 aromatic heterocycles. The lowest BCUT2D eigenvalue weighted by Crippen LogP contribution is -1.85. The molecule has 0 atom stereocenters. The largest absolute Gasteiger partial charge is 0.0616 e. The zero-order valence-corrected chi connectivity index (χ0v) is 12.0. The van der Waals surface area contributed by atoms with Crippen LogP contribution in [0.1, 0.15) is 0 Å². The maximum atomic E-state index is 3.33. The maximum absolute atomic E-state index is 3.33. The molecule has 101 valence electrons. The van der Waals surface area contributed by atoms with Crippen molar-refractivity contribution in [2.45, 2.75) is 0 Å². The average Bonchev–Trinajstić information content (AvgIpc) is 2.60. The van der Waals surface area contributed by atoms with Crippen molar-refractivity contribution < 1.29 is 0 Å². The normalized spacial score (nSPS) is 11.6. The van der Waals surface area contributed by atoms with E-state index in [9.17, 15) is 0 Å². The summed E-state index contributed by atoms with van der Waals surface area (Å²) in [4.78, 5) is 0. The molecular formula is C22H13. The molecule has 1 radical (unpaired) electrons. The standard InChI is InChI=1S/C22H13/c1-2-5-15(6-3-1)20-13-18-11-9-16-7-4-8-17-10-12-19(14-20)22(18)21(16)17/h1-5,7-14H. The molecule has 22 heavy (non-hydrogen) atoms. The van der Waals surface area contributed by atoms with Gasteiger partial charge < -0.3 is 0 Å². The SMILES string of the molecule is [c]1ccccc1-c1cc2ccc3cccc4ccc(c1)c2c34. The van der Waals surface area contributed by atoms with Crippen molar-refractivity contribution in [3.63, 3.8) is 0 Å². The minimum atomic E-state index is 1.15. The van der Waals surface area contributed by atoms with Crippen LogP contribution in [0.2, 0.25) is 0 Å². The summed E-state index contributed by atoms with van der Waals surface area (Å²) in [5.41, 5.74) is 2.37. The van der Waals surface area contributed by atoms with Gasteiger partial charge in [-0.05, 0) is 61.6 Å². The highest BCUT2D eigenvalue weighted by molar-refractivity contribution is 6.23. The molecule has 0 aliphatic heterocycles. The van der Waals surface area contributed by atoms with E-state index in [4.69, 9.17) is 0 Å². The summed E-state index contributed by atoms with van der Waals surface area (Å²) in [6.45, 7) is 0. The number of hydrogen-bond acceptors (Lipinski definition) is 0. The Morgan fingerprint density at radius 2 is 1.18 bits per heavy atom. The summed E-state index contributed by atoms with van der Waals surface area (Å²) in [6, 6.07) is 31.5. The first kappa shape index (κ1) is 11.8. The van der Waals surface area contributed by atoms with Gasteiger partial charge in [-0.25, -0.2) is 0 Å². The Hall–Kier alpha value is -2.86. The third-order valence-electron chi connectivity index (χ3n) is 4.48. The van der Waals surface area contributed by atoms with Crippen molar-refractivity contribution in [2.75, 3.05) is 0 Å². The Kier molecular flexibility index (Phi) is 2.31. The fourth-order valence-electron chi connectivity index (χ4n) is 3.48. The molecule has 0 saturated heterocycles. The smallest absolute Gasteiger partial charge is 0.00264 e. The van der Waals surface area contributed by atoms with Gasteiger partial charge in [-0.15, -0.1) is 0 Å². The molecule has 5 aromatic carbocycles. The Morgan fingerprint density at radius 3 is 1.82 bits per heavy atom. The van der Waals surface area contributed by atoms with E-state index in [1.54, 1.807) is 0 Å². The molecule has 0 heteroatoms. The van der Waals surface area contributed by atoms with Gasteiger partial charge in [0.25, 0.3) is 0 Å². The highest BCUT2D eigenvalue weighted by Gasteiger charge is 2.09. The number of hydrogen-bond donors (Lipinski definition) is 0. The van der Waals surface area contributed by atoms with Crippen molar-refractivity contribution >= 4 is 32.3 Å². The van der Waals surface area contributed by atoms with E-state index in [0.717, 1.165) is 5.56 Å². The molecule has 0 N–H and O–H groups in total. The summed E-state index contributed by atoms with van der Waals surface area (Å²) >= 11 is 0. The third kappa shape index (κ3) is 1.58. The van der Waals surface area contributed by atoms with Crippen LogP contribution < -0.4 is 0 Å². The summed E-state index contributed by atoms with van der Waals surface area (Å²) in [7, 11) is 0. The molecule has 0 spiro atoms. The van der Waals surface area contributed by atoms with Gasteiger partial charge in [0, 0.05) is 0 Å². The van der Waals surface area contributed by atoms with Crippen LogP contribution in [0.3, 0.4) is 0 Å². The topological polar surface area (TPSA) is 0 Å². The van der Waals surface area contributed by atoms with Gasteiger partial charge >= 0.3 is 0 Å². The Balaban J connectivity index is 1.95. The van der Waals surface area contributed by atoms with Crippen LogP contribution in [0.4, 0.5) is 0 Å². The first-order valence-electron chi connectivity index (χ1n) is 7.55. The van der Waals surface area contributed by atoms with Gasteiger partial charge in [0.2, 0.25) is 0 Å². The second kappa shape index (κ2) is 4.32. The Morgan fingerprint density at radius 1 is 0.545 bits per heavy atom. The first-order valence-corrected chi connectivity index (χ1v) is 7.55. The Labute approximate surface area is 129 Å². The molecular weight excluding hydrogens is 264 g/mol. The van der Waals surface area contributed by atoms with E-state index in [0.29, 0.717) is 0 Å². The van der Waals surface area contributed by atoms with Crippen LogP contribution in [0.15, 0.2) is 78.9 Å².